The Kier molecular flexibility index (Phi) is 4.63. The lowest BCUT2D eigenvalue weighted by molar-refractivity contribution is 0.145. The Morgan fingerprint density at radius 1 is 1.17 bits per heavy atom. The molecule has 2 N–H and O–H groups in total. The number of piperidine rings is 1. The van der Waals surface area contributed by atoms with Crippen LogP contribution in [0.2, 0.25) is 0 Å². The number of aliphatic hydroxyl groups excluding tert-OH is 1. The second kappa shape index (κ2) is 7.46. The van der Waals surface area contributed by atoms with E-state index in [-0.39, 0.29) is 11.8 Å². The van der Waals surface area contributed by atoms with Crippen LogP contribution in [0, 0.1) is 0 Å². The lowest BCUT2D eigenvalue weighted by atomic mass is 10.1. The number of hydrogen-bond acceptors (Lipinski definition) is 6. The first-order chi connectivity index (χ1) is 14.7. The van der Waals surface area contributed by atoms with Crippen LogP contribution in [0.5, 0.6) is 5.75 Å². The molecule has 1 aliphatic rings. The normalized spacial score (nSPS) is 15.2. The van der Waals surface area contributed by atoms with Crippen LogP contribution in [0.25, 0.3) is 27.8 Å². The quantitative estimate of drug-likeness (QED) is 0.542. The van der Waals surface area contributed by atoms with Gasteiger partial charge in [-0.3, -0.25) is 14.5 Å². The van der Waals surface area contributed by atoms with Gasteiger partial charge in [0, 0.05) is 42.6 Å². The fourth-order valence-electron chi connectivity index (χ4n) is 4.16. The number of nitrogens with zero attached hydrogens (tertiary/aromatic N) is 4. The molecule has 30 heavy (non-hydrogen) atoms. The average Bonchev–Trinajstić information content (AvgIpc) is 3.10. The molecule has 5 rings (SSSR count). The molecule has 0 radical (unpaired) electrons. The standard InChI is InChI=1S/C22H23N5O3/c1-2-30-19-6-10-24-21-20(19)27(22(29)25-21)14-3-4-17-16(13-14)18(5-9-23-17)26-11-7-15(28)8-12-26/h3-6,9-10,13,15,28H,2,7-8,11-12H2,1H3,(H,24,25,29). The van der Waals surface area contributed by atoms with Crippen LogP contribution in [0.3, 0.4) is 0 Å². The summed E-state index contributed by atoms with van der Waals surface area (Å²) in [5.74, 6) is 0.609. The molecule has 0 spiro atoms. The minimum absolute atomic E-state index is 0.237. The molecule has 4 heterocycles. The maximum atomic E-state index is 12.8. The number of nitrogens with one attached hydrogen (secondary N) is 1. The van der Waals surface area contributed by atoms with Gasteiger partial charge < -0.3 is 14.7 Å². The molecule has 0 aliphatic carbocycles. The number of aromatic amines is 1. The summed E-state index contributed by atoms with van der Waals surface area (Å²) in [6.07, 6.45) is 4.68. The van der Waals surface area contributed by atoms with Gasteiger partial charge >= 0.3 is 5.69 Å². The first-order valence-electron chi connectivity index (χ1n) is 10.2. The van der Waals surface area contributed by atoms with Gasteiger partial charge in [0.05, 0.1) is 23.9 Å². The first-order valence-corrected chi connectivity index (χ1v) is 10.2. The Morgan fingerprint density at radius 2 is 1.97 bits per heavy atom. The summed E-state index contributed by atoms with van der Waals surface area (Å²) >= 11 is 0. The molecule has 154 valence electrons. The fourth-order valence-corrected chi connectivity index (χ4v) is 4.16. The summed E-state index contributed by atoms with van der Waals surface area (Å²) in [6, 6.07) is 9.56. The van der Waals surface area contributed by atoms with Crippen molar-refractivity contribution in [1.29, 1.82) is 0 Å². The number of aromatic nitrogens is 4. The summed E-state index contributed by atoms with van der Waals surface area (Å²) in [6.45, 7) is 3.97. The highest BCUT2D eigenvalue weighted by Gasteiger charge is 2.20. The predicted octanol–water partition coefficient (Wildman–Crippen LogP) is 2.62. The zero-order valence-corrected chi connectivity index (χ0v) is 16.7. The van der Waals surface area contributed by atoms with E-state index < -0.39 is 0 Å². The zero-order valence-electron chi connectivity index (χ0n) is 16.7. The number of anilines is 1. The largest absolute Gasteiger partial charge is 0.491 e. The van der Waals surface area contributed by atoms with Crippen molar-refractivity contribution in [3.8, 4) is 11.4 Å². The van der Waals surface area contributed by atoms with E-state index in [1.807, 2.05) is 31.2 Å². The van der Waals surface area contributed by atoms with Gasteiger partial charge in [-0.25, -0.2) is 9.78 Å². The minimum atomic E-state index is -0.268. The highest BCUT2D eigenvalue weighted by atomic mass is 16.5. The number of pyridine rings is 2. The number of hydrogen-bond donors (Lipinski definition) is 2. The Balaban J connectivity index is 1.69. The SMILES string of the molecule is CCOc1ccnc2[nH]c(=O)n(-c3ccc4nccc(N5CCC(O)CC5)c4c3)c12. The Hall–Kier alpha value is -3.39. The van der Waals surface area contributed by atoms with E-state index in [1.165, 1.54) is 0 Å². The maximum Gasteiger partial charge on any atom is 0.332 e. The Labute approximate surface area is 172 Å². The van der Waals surface area contributed by atoms with E-state index in [4.69, 9.17) is 4.74 Å². The topological polar surface area (TPSA) is 96.3 Å². The third-order valence-corrected chi connectivity index (χ3v) is 5.60. The lowest BCUT2D eigenvalue weighted by Gasteiger charge is -2.32. The van der Waals surface area contributed by atoms with Crippen LogP contribution in [-0.2, 0) is 0 Å². The summed E-state index contributed by atoms with van der Waals surface area (Å²) in [7, 11) is 0. The third kappa shape index (κ3) is 3.09. The number of benzene rings is 1. The summed E-state index contributed by atoms with van der Waals surface area (Å²) < 4.78 is 7.35. The van der Waals surface area contributed by atoms with Crippen LogP contribution in [0.15, 0.2) is 47.5 Å². The Morgan fingerprint density at radius 3 is 2.77 bits per heavy atom. The van der Waals surface area contributed by atoms with Crippen LogP contribution in [-0.4, -0.2) is 50.4 Å². The first kappa shape index (κ1) is 18.6. The van der Waals surface area contributed by atoms with Gasteiger partial charge in [-0.15, -0.1) is 0 Å². The van der Waals surface area contributed by atoms with Crippen LogP contribution in [0.4, 0.5) is 5.69 Å². The van der Waals surface area contributed by atoms with E-state index in [9.17, 15) is 9.90 Å². The van der Waals surface area contributed by atoms with Gasteiger partial charge in [0.15, 0.2) is 5.65 Å². The zero-order chi connectivity index (χ0) is 20.7. The number of fused-ring (bicyclic) bond motifs is 2. The molecule has 4 aromatic rings. The second-order valence-electron chi connectivity index (χ2n) is 7.45. The third-order valence-electron chi connectivity index (χ3n) is 5.60. The fraction of sp³-hybridized carbons (Fsp3) is 0.318. The molecule has 8 heteroatoms. The summed E-state index contributed by atoms with van der Waals surface area (Å²) in [5.41, 5.74) is 3.48. The lowest BCUT2D eigenvalue weighted by Crippen LogP contribution is -2.35. The van der Waals surface area contributed by atoms with Crippen LogP contribution >= 0.6 is 0 Å². The summed E-state index contributed by atoms with van der Waals surface area (Å²) in [4.78, 5) is 26.7. The summed E-state index contributed by atoms with van der Waals surface area (Å²) in [5, 5.41) is 10.8. The van der Waals surface area contributed by atoms with E-state index in [1.54, 1.807) is 23.0 Å². The smallest absolute Gasteiger partial charge is 0.332 e. The van der Waals surface area contributed by atoms with E-state index in [2.05, 4.69) is 19.9 Å². The molecule has 1 aromatic carbocycles. The van der Waals surface area contributed by atoms with Gasteiger partial charge in [-0.05, 0) is 44.0 Å². The number of aliphatic hydroxyl groups is 1. The molecule has 0 bridgehead atoms. The van der Waals surface area contributed by atoms with Crippen molar-refractivity contribution >= 4 is 27.8 Å². The Bertz CT molecular complexity index is 1270. The van der Waals surface area contributed by atoms with Gasteiger partial charge in [-0.1, -0.05) is 0 Å². The average molecular weight is 405 g/mol. The molecule has 1 fully saturated rings. The number of imidazole rings is 1. The van der Waals surface area contributed by atoms with Crippen molar-refractivity contribution in [3.63, 3.8) is 0 Å². The van der Waals surface area contributed by atoms with Gasteiger partial charge in [0.25, 0.3) is 0 Å². The van der Waals surface area contributed by atoms with Gasteiger partial charge in [0.1, 0.15) is 11.3 Å². The highest BCUT2D eigenvalue weighted by molar-refractivity contribution is 5.93. The predicted molar refractivity (Wildman–Crippen MR) is 116 cm³/mol. The molecule has 0 saturated carbocycles. The van der Waals surface area contributed by atoms with Crippen LogP contribution in [0.1, 0.15) is 19.8 Å². The molecule has 0 atom stereocenters. The van der Waals surface area contributed by atoms with Crippen molar-refractivity contribution in [2.75, 3.05) is 24.6 Å². The molecule has 3 aromatic heterocycles. The van der Waals surface area contributed by atoms with E-state index in [0.717, 1.165) is 48.2 Å². The van der Waals surface area contributed by atoms with E-state index in [0.29, 0.717) is 23.5 Å². The van der Waals surface area contributed by atoms with Crippen molar-refractivity contribution in [2.45, 2.75) is 25.9 Å². The molecule has 0 unspecified atom stereocenters. The molecule has 0 amide bonds. The minimum Gasteiger partial charge on any atom is -0.491 e. The van der Waals surface area contributed by atoms with Crippen molar-refractivity contribution in [3.05, 3.63) is 53.2 Å². The van der Waals surface area contributed by atoms with Gasteiger partial charge in [-0.2, -0.15) is 0 Å². The van der Waals surface area contributed by atoms with Crippen molar-refractivity contribution in [1.82, 2.24) is 19.5 Å². The molecular weight excluding hydrogens is 382 g/mol. The van der Waals surface area contributed by atoms with Crippen LogP contribution < -0.4 is 15.3 Å². The second-order valence-corrected chi connectivity index (χ2v) is 7.45. The van der Waals surface area contributed by atoms with Crippen molar-refractivity contribution in [2.24, 2.45) is 0 Å². The molecular formula is C22H23N5O3. The highest BCUT2D eigenvalue weighted by Crippen LogP contribution is 2.31. The van der Waals surface area contributed by atoms with Crippen molar-refractivity contribution < 1.29 is 9.84 Å². The molecule has 1 saturated heterocycles. The maximum absolute atomic E-state index is 12.8. The molecule has 1 aliphatic heterocycles. The number of H-pyrrole nitrogens is 1. The van der Waals surface area contributed by atoms with E-state index >= 15 is 0 Å². The number of rotatable bonds is 4. The monoisotopic (exact) mass is 405 g/mol. The number of ether oxygens (including phenoxy) is 1. The van der Waals surface area contributed by atoms with Gasteiger partial charge in [0.2, 0.25) is 0 Å². The molecule has 8 nitrogen and oxygen atoms in total.